The van der Waals surface area contributed by atoms with Crippen LogP contribution >= 0.6 is 11.3 Å². The first-order valence-electron chi connectivity index (χ1n) is 10.1. The number of thiazole rings is 1. The van der Waals surface area contributed by atoms with E-state index in [1.165, 1.54) is 11.3 Å². The third kappa shape index (κ3) is 3.33. The number of benzene rings is 2. The molecule has 4 aromatic rings. The van der Waals surface area contributed by atoms with Gasteiger partial charge in [0.2, 0.25) is 11.0 Å². The van der Waals surface area contributed by atoms with Crippen LogP contribution in [0.5, 0.6) is 11.5 Å². The van der Waals surface area contributed by atoms with E-state index in [2.05, 4.69) is 5.32 Å². The normalized spacial score (nSPS) is 15.6. The smallest absolute Gasteiger partial charge is 0.226 e. The maximum atomic E-state index is 12.7. The van der Waals surface area contributed by atoms with Crippen molar-refractivity contribution in [1.82, 2.24) is 14.8 Å². The molecule has 1 amide bonds. The van der Waals surface area contributed by atoms with Gasteiger partial charge in [-0.3, -0.25) is 4.79 Å². The topological polar surface area (TPSA) is 78.3 Å². The van der Waals surface area contributed by atoms with Crippen LogP contribution in [0.4, 0.5) is 5.82 Å². The Labute approximate surface area is 183 Å². The predicted octanol–water partition coefficient (Wildman–Crippen LogP) is 4.67. The summed E-state index contributed by atoms with van der Waals surface area (Å²) in [6.45, 7) is 4.54. The van der Waals surface area contributed by atoms with Crippen LogP contribution in [0.1, 0.15) is 36.1 Å². The minimum absolute atomic E-state index is 0.0516. The lowest BCUT2D eigenvalue weighted by Crippen LogP contribution is -2.25. The van der Waals surface area contributed by atoms with Crippen molar-refractivity contribution in [1.29, 1.82) is 0 Å². The van der Waals surface area contributed by atoms with E-state index in [1.54, 1.807) is 11.8 Å². The summed E-state index contributed by atoms with van der Waals surface area (Å²) >= 11 is 1.52. The average molecular weight is 435 g/mol. The molecule has 0 saturated heterocycles. The molecule has 1 unspecified atom stereocenters. The van der Waals surface area contributed by atoms with Gasteiger partial charge in [-0.2, -0.15) is 9.78 Å². The molecule has 1 aliphatic rings. The molecule has 1 aliphatic heterocycles. The Balaban J connectivity index is 1.63. The molecular weight excluding hydrogens is 412 g/mol. The largest absolute Gasteiger partial charge is 0.496 e. The van der Waals surface area contributed by atoms with Crippen LogP contribution in [-0.4, -0.2) is 34.4 Å². The summed E-state index contributed by atoms with van der Waals surface area (Å²) in [4.78, 5) is 17.4. The number of aryl methyl sites for hydroxylation is 1. The van der Waals surface area contributed by atoms with Crippen molar-refractivity contribution in [2.24, 2.45) is 0 Å². The molecule has 1 atom stereocenters. The number of nitrogens with one attached hydrogen (secondary N) is 1. The molecule has 0 fully saturated rings. The lowest BCUT2D eigenvalue weighted by Gasteiger charge is -2.25. The lowest BCUT2D eigenvalue weighted by atomic mass is 9.85. The van der Waals surface area contributed by atoms with Gasteiger partial charge in [0.25, 0.3) is 0 Å². The van der Waals surface area contributed by atoms with Crippen LogP contribution in [0.2, 0.25) is 0 Å². The quantitative estimate of drug-likeness (QED) is 0.494. The van der Waals surface area contributed by atoms with Crippen LogP contribution in [0, 0.1) is 6.92 Å². The van der Waals surface area contributed by atoms with Crippen LogP contribution in [0.25, 0.3) is 15.3 Å². The van der Waals surface area contributed by atoms with Gasteiger partial charge in [0.15, 0.2) is 0 Å². The highest BCUT2D eigenvalue weighted by molar-refractivity contribution is 7.20. The molecule has 3 heterocycles. The highest BCUT2D eigenvalue weighted by atomic mass is 32.1. The first-order valence-corrected chi connectivity index (χ1v) is 11.0. The monoisotopic (exact) mass is 434 g/mol. The Bertz CT molecular complexity index is 1290. The number of rotatable bonds is 5. The molecule has 0 spiro atoms. The first kappa shape index (κ1) is 19.6. The maximum Gasteiger partial charge on any atom is 0.226 e. The summed E-state index contributed by atoms with van der Waals surface area (Å²) < 4.78 is 13.9. The molecule has 0 aliphatic carbocycles. The molecule has 31 heavy (non-hydrogen) atoms. The van der Waals surface area contributed by atoms with Crippen LogP contribution < -0.4 is 14.8 Å². The number of hydrogen-bond acceptors (Lipinski definition) is 6. The molecular formula is C23H22N4O3S. The number of amides is 1. The summed E-state index contributed by atoms with van der Waals surface area (Å²) in [7, 11) is 1.65. The summed E-state index contributed by atoms with van der Waals surface area (Å²) in [5.41, 5.74) is 3.71. The van der Waals surface area contributed by atoms with Crippen molar-refractivity contribution < 1.29 is 14.3 Å². The zero-order chi connectivity index (χ0) is 21.5. The molecule has 0 bridgehead atoms. The molecule has 7 nitrogen and oxygen atoms in total. The predicted molar refractivity (Wildman–Crippen MR) is 121 cm³/mol. The Hall–Kier alpha value is -3.39. The van der Waals surface area contributed by atoms with Gasteiger partial charge in [-0.1, -0.05) is 29.5 Å². The second-order valence-electron chi connectivity index (χ2n) is 7.37. The van der Waals surface area contributed by atoms with Gasteiger partial charge in [0.1, 0.15) is 17.3 Å². The van der Waals surface area contributed by atoms with E-state index in [1.807, 2.05) is 56.3 Å². The molecule has 5 rings (SSSR count). The molecule has 0 radical (unpaired) electrons. The van der Waals surface area contributed by atoms with E-state index in [9.17, 15) is 4.79 Å². The Morgan fingerprint density at radius 1 is 1.26 bits per heavy atom. The Morgan fingerprint density at radius 3 is 2.90 bits per heavy atom. The number of nitrogens with zero attached hydrogens (tertiary/aromatic N) is 3. The number of para-hydroxylation sites is 1. The fourth-order valence-corrected chi connectivity index (χ4v) is 5.10. The number of ether oxygens (including phenoxy) is 2. The maximum absolute atomic E-state index is 12.7. The SMILES string of the molecule is CCOc1ccc2nc(-n3nc(C)c4c3NC(=O)CC4c3ccccc3OC)sc2c1. The number of aromatic nitrogens is 3. The van der Waals surface area contributed by atoms with Crippen LogP contribution in [-0.2, 0) is 4.79 Å². The molecule has 1 N–H and O–H groups in total. The minimum atomic E-state index is -0.132. The fraction of sp³-hybridized carbons (Fsp3) is 0.261. The second kappa shape index (κ2) is 7.70. The van der Waals surface area contributed by atoms with Gasteiger partial charge >= 0.3 is 0 Å². The Kier molecular flexibility index (Phi) is 4.86. The third-order valence-electron chi connectivity index (χ3n) is 5.46. The summed E-state index contributed by atoms with van der Waals surface area (Å²) in [6, 6.07) is 13.7. The number of fused-ring (bicyclic) bond motifs is 2. The zero-order valence-electron chi connectivity index (χ0n) is 17.5. The summed E-state index contributed by atoms with van der Waals surface area (Å²) in [5.74, 6) is 2.07. The number of anilines is 1. The third-order valence-corrected chi connectivity index (χ3v) is 6.45. The van der Waals surface area contributed by atoms with Crippen LogP contribution in [0.3, 0.4) is 0 Å². The van der Waals surface area contributed by atoms with Gasteiger partial charge in [0, 0.05) is 23.5 Å². The fourth-order valence-electron chi connectivity index (χ4n) is 4.15. The van der Waals surface area contributed by atoms with Crippen molar-refractivity contribution in [3.63, 3.8) is 0 Å². The Morgan fingerprint density at radius 2 is 2.10 bits per heavy atom. The number of hydrogen-bond donors (Lipinski definition) is 1. The molecule has 2 aromatic heterocycles. The van der Waals surface area contributed by atoms with Crippen molar-refractivity contribution in [3.8, 4) is 16.6 Å². The van der Waals surface area contributed by atoms with Gasteiger partial charge in [-0.05, 0) is 38.1 Å². The van der Waals surface area contributed by atoms with Crippen LogP contribution in [0.15, 0.2) is 42.5 Å². The summed E-state index contributed by atoms with van der Waals surface area (Å²) in [5, 5.41) is 8.49. The van der Waals surface area contributed by atoms with Crippen molar-refractivity contribution in [3.05, 3.63) is 59.3 Å². The molecule has 8 heteroatoms. The van der Waals surface area contributed by atoms with Crippen molar-refractivity contribution >= 4 is 33.3 Å². The van der Waals surface area contributed by atoms with Gasteiger partial charge in [0.05, 0.1) is 29.6 Å². The van der Waals surface area contributed by atoms with E-state index in [4.69, 9.17) is 19.6 Å². The number of carbonyl (C=O) groups excluding carboxylic acids is 1. The molecule has 2 aromatic carbocycles. The molecule has 158 valence electrons. The van der Waals surface area contributed by atoms with Crippen molar-refractivity contribution in [2.75, 3.05) is 19.0 Å². The highest BCUT2D eigenvalue weighted by Gasteiger charge is 2.34. The average Bonchev–Trinajstić information content (AvgIpc) is 3.34. The highest BCUT2D eigenvalue weighted by Crippen LogP contribution is 2.43. The first-order chi connectivity index (χ1) is 15.1. The van der Waals surface area contributed by atoms with E-state index in [-0.39, 0.29) is 11.8 Å². The minimum Gasteiger partial charge on any atom is -0.496 e. The molecule has 0 saturated carbocycles. The van der Waals surface area contributed by atoms with Crippen molar-refractivity contribution in [2.45, 2.75) is 26.2 Å². The van der Waals surface area contributed by atoms with Gasteiger partial charge in [-0.25, -0.2) is 4.98 Å². The number of carbonyl (C=O) groups is 1. The lowest BCUT2D eigenvalue weighted by molar-refractivity contribution is -0.116. The van der Waals surface area contributed by atoms with E-state index in [0.717, 1.165) is 38.5 Å². The number of methoxy groups -OCH3 is 1. The van der Waals surface area contributed by atoms with Gasteiger partial charge < -0.3 is 14.8 Å². The summed E-state index contributed by atoms with van der Waals surface area (Å²) in [6.07, 6.45) is 0.345. The van der Waals surface area contributed by atoms with E-state index in [0.29, 0.717) is 24.0 Å². The van der Waals surface area contributed by atoms with E-state index >= 15 is 0 Å². The standard InChI is InChI=1S/C23H22N4O3S/c1-4-30-14-9-10-17-19(11-14)31-23(24-17)27-22-21(13(2)26-27)16(12-20(28)25-22)15-7-5-6-8-18(15)29-3/h5-11,16H,4,12H2,1-3H3,(H,25,28). The van der Waals surface area contributed by atoms with E-state index < -0.39 is 0 Å². The second-order valence-corrected chi connectivity index (χ2v) is 8.37. The zero-order valence-corrected chi connectivity index (χ0v) is 18.3. The van der Waals surface area contributed by atoms with Gasteiger partial charge in [-0.15, -0.1) is 0 Å².